The Bertz CT molecular complexity index is 1080. The quantitative estimate of drug-likeness (QED) is 0.326. The molecule has 5 heteroatoms. The van der Waals surface area contributed by atoms with Gasteiger partial charge in [-0.2, -0.15) is 0 Å². The first-order valence-corrected chi connectivity index (χ1v) is 8.78. The van der Waals surface area contributed by atoms with Gasteiger partial charge in [-0.3, -0.25) is 5.41 Å². The molecule has 0 radical (unpaired) electrons. The third-order valence-corrected chi connectivity index (χ3v) is 4.18. The van der Waals surface area contributed by atoms with Crippen molar-refractivity contribution in [2.45, 2.75) is 20.8 Å². The molecule has 5 nitrogen and oxygen atoms in total. The lowest BCUT2D eigenvalue weighted by Gasteiger charge is -2.05. The number of nitrogens with zero attached hydrogens (tertiary/aromatic N) is 2. The van der Waals surface area contributed by atoms with Gasteiger partial charge in [-0.05, 0) is 62.7 Å². The SMILES string of the molecule is C/C=C\C=C/C(=N)/C(C)=N/c1ccc(-c2nc3ccc(C)cc3[nH]2)cc1N. The lowest BCUT2D eigenvalue weighted by Crippen LogP contribution is -2.05. The molecule has 2 aromatic carbocycles. The van der Waals surface area contributed by atoms with E-state index in [-0.39, 0.29) is 0 Å². The van der Waals surface area contributed by atoms with Gasteiger partial charge in [-0.15, -0.1) is 0 Å². The number of benzene rings is 2. The number of aromatic nitrogens is 2. The van der Waals surface area contributed by atoms with Crippen molar-refractivity contribution in [1.29, 1.82) is 5.41 Å². The molecule has 3 aromatic rings. The van der Waals surface area contributed by atoms with E-state index in [9.17, 15) is 0 Å². The predicted octanol–water partition coefficient (Wildman–Crippen LogP) is 5.36. The van der Waals surface area contributed by atoms with Crippen LogP contribution >= 0.6 is 0 Å². The smallest absolute Gasteiger partial charge is 0.138 e. The highest BCUT2D eigenvalue weighted by molar-refractivity contribution is 6.45. The number of nitrogens with two attached hydrogens (primary N) is 1. The molecule has 0 aliphatic heterocycles. The minimum atomic E-state index is 0.351. The van der Waals surface area contributed by atoms with Crippen molar-refractivity contribution in [1.82, 2.24) is 9.97 Å². The number of H-pyrrole nitrogens is 1. The van der Waals surface area contributed by atoms with Crippen LogP contribution in [0.4, 0.5) is 11.4 Å². The van der Waals surface area contributed by atoms with Gasteiger partial charge in [0.15, 0.2) is 0 Å². The Labute approximate surface area is 158 Å². The van der Waals surface area contributed by atoms with E-state index in [1.807, 2.05) is 55.5 Å². The fourth-order valence-corrected chi connectivity index (χ4v) is 2.69. The lowest BCUT2D eigenvalue weighted by atomic mass is 10.1. The van der Waals surface area contributed by atoms with Gasteiger partial charge in [0.25, 0.3) is 0 Å². The second-order valence-corrected chi connectivity index (χ2v) is 6.38. The summed E-state index contributed by atoms with van der Waals surface area (Å²) in [5.74, 6) is 0.775. The van der Waals surface area contributed by atoms with Crippen molar-refractivity contribution in [2.75, 3.05) is 5.73 Å². The number of hydrogen-bond acceptors (Lipinski definition) is 4. The Balaban J connectivity index is 1.88. The maximum absolute atomic E-state index is 8.04. The summed E-state index contributed by atoms with van der Waals surface area (Å²) >= 11 is 0. The first kappa shape index (κ1) is 18.3. The molecule has 1 aromatic heterocycles. The van der Waals surface area contributed by atoms with Crippen LogP contribution in [-0.2, 0) is 0 Å². The second kappa shape index (κ2) is 7.83. The number of hydrogen-bond donors (Lipinski definition) is 3. The van der Waals surface area contributed by atoms with E-state index < -0.39 is 0 Å². The van der Waals surface area contributed by atoms with Crippen molar-refractivity contribution in [3.63, 3.8) is 0 Å². The average Bonchev–Trinajstić information content (AvgIpc) is 3.06. The Morgan fingerprint density at radius 2 is 2.00 bits per heavy atom. The van der Waals surface area contributed by atoms with Crippen LogP contribution in [-0.4, -0.2) is 21.4 Å². The van der Waals surface area contributed by atoms with Crippen LogP contribution in [0, 0.1) is 12.3 Å². The second-order valence-electron chi connectivity index (χ2n) is 6.38. The molecule has 0 saturated heterocycles. The zero-order valence-electron chi connectivity index (χ0n) is 15.7. The highest BCUT2D eigenvalue weighted by atomic mass is 14.9. The molecule has 0 spiro atoms. The number of aryl methyl sites for hydroxylation is 1. The fourth-order valence-electron chi connectivity index (χ4n) is 2.69. The molecule has 4 N–H and O–H groups in total. The number of nitrogen functional groups attached to an aromatic ring is 1. The summed E-state index contributed by atoms with van der Waals surface area (Å²) in [6, 6.07) is 11.8. The Morgan fingerprint density at radius 3 is 2.74 bits per heavy atom. The van der Waals surface area contributed by atoms with E-state index in [0.717, 1.165) is 22.4 Å². The first-order valence-electron chi connectivity index (χ1n) is 8.78. The maximum atomic E-state index is 8.04. The molecule has 27 heavy (non-hydrogen) atoms. The Morgan fingerprint density at radius 1 is 1.19 bits per heavy atom. The topological polar surface area (TPSA) is 90.9 Å². The molecule has 0 aliphatic carbocycles. The van der Waals surface area contributed by atoms with E-state index in [4.69, 9.17) is 11.1 Å². The number of aliphatic imine (C=N–C) groups is 1. The molecule has 0 aliphatic rings. The number of rotatable bonds is 5. The van der Waals surface area contributed by atoms with Crippen molar-refractivity contribution < 1.29 is 0 Å². The number of allylic oxidation sites excluding steroid dienone is 4. The van der Waals surface area contributed by atoms with Gasteiger partial charge >= 0.3 is 0 Å². The Hall–Kier alpha value is -3.47. The van der Waals surface area contributed by atoms with Crippen LogP contribution in [0.25, 0.3) is 22.4 Å². The number of aromatic amines is 1. The van der Waals surface area contributed by atoms with Crippen molar-refractivity contribution in [3.05, 3.63) is 66.3 Å². The van der Waals surface area contributed by atoms with E-state index in [1.165, 1.54) is 5.56 Å². The Kier molecular flexibility index (Phi) is 5.31. The number of nitrogens with one attached hydrogen (secondary N) is 2. The summed E-state index contributed by atoms with van der Waals surface area (Å²) in [6.45, 7) is 5.79. The number of anilines is 1. The van der Waals surface area contributed by atoms with Crippen molar-refractivity contribution in [2.24, 2.45) is 4.99 Å². The minimum absolute atomic E-state index is 0.351. The molecule has 1 heterocycles. The van der Waals surface area contributed by atoms with Crippen LogP contribution in [0.5, 0.6) is 0 Å². The zero-order chi connectivity index (χ0) is 19.4. The van der Waals surface area contributed by atoms with Gasteiger partial charge in [-0.1, -0.05) is 24.3 Å². The third kappa shape index (κ3) is 4.20. The molecule has 0 saturated carbocycles. The standard InChI is InChI=1S/C22H23N5/c1-4-5-6-7-17(23)15(3)25-19-11-9-16(13-18(19)24)22-26-20-10-8-14(2)12-21(20)27-22/h4-13,23H,24H2,1-3H3,(H,26,27)/b5-4-,7-6-,23-17?,25-15+. The van der Waals surface area contributed by atoms with Gasteiger partial charge in [0.2, 0.25) is 0 Å². The molecular weight excluding hydrogens is 334 g/mol. The van der Waals surface area contributed by atoms with Crippen LogP contribution in [0.1, 0.15) is 19.4 Å². The molecule has 0 unspecified atom stereocenters. The molecule has 3 rings (SSSR count). The summed E-state index contributed by atoms with van der Waals surface area (Å²) < 4.78 is 0. The van der Waals surface area contributed by atoms with E-state index in [0.29, 0.717) is 22.8 Å². The van der Waals surface area contributed by atoms with Crippen LogP contribution < -0.4 is 5.73 Å². The first-order chi connectivity index (χ1) is 13.0. The van der Waals surface area contributed by atoms with Gasteiger partial charge < -0.3 is 10.7 Å². The molecule has 0 bridgehead atoms. The van der Waals surface area contributed by atoms with Gasteiger partial charge in [-0.25, -0.2) is 9.98 Å². The van der Waals surface area contributed by atoms with E-state index in [2.05, 4.69) is 28.0 Å². The van der Waals surface area contributed by atoms with Gasteiger partial charge in [0.05, 0.1) is 33.8 Å². The predicted molar refractivity (Wildman–Crippen MR) is 115 cm³/mol. The summed E-state index contributed by atoms with van der Waals surface area (Å²) in [6.07, 6.45) is 7.31. The van der Waals surface area contributed by atoms with Crippen molar-refractivity contribution >= 4 is 33.8 Å². The maximum Gasteiger partial charge on any atom is 0.138 e. The van der Waals surface area contributed by atoms with Gasteiger partial charge in [0.1, 0.15) is 5.82 Å². The van der Waals surface area contributed by atoms with E-state index >= 15 is 0 Å². The normalized spacial score (nSPS) is 12.5. The largest absolute Gasteiger partial charge is 0.397 e. The summed E-state index contributed by atoms with van der Waals surface area (Å²) in [7, 11) is 0. The van der Waals surface area contributed by atoms with Crippen molar-refractivity contribution in [3.8, 4) is 11.4 Å². The fraction of sp³-hybridized carbons (Fsp3) is 0.136. The van der Waals surface area contributed by atoms with Crippen LogP contribution in [0.2, 0.25) is 0 Å². The molecule has 0 amide bonds. The number of fused-ring (bicyclic) bond motifs is 1. The zero-order valence-corrected chi connectivity index (χ0v) is 15.7. The molecule has 0 fully saturated rings. The van der Waals surface area contributed by atoms with Crippen LogP contribution in [0.15, 0.2) is 65.7 Å². The molecule has 0 atom stereocenters. The van der Waals surface area contributed by atoms with Crippen LogP contribution in [0.3, 0.4) is 0 Å². The highest BCUT2D eigenvalue weighted by Gasteiger charge is 2.08. The molecular formula is C22H23N5. The summed E-state index contributed by atoms with van der Waals surface area (Å²) in [5.41, 5.74) is 12.4. The third-order valence-electron chi connectivity index (χ3n) is 4.18. The monoisotopic (exact) mass is 357 g/mol. The summed E-state index contributed by atoms with van der Waals surface area (Å²) in [5, 5.41) is 8.04. The number of imidazole rings is 1. The van der Waals surface area contributed by atoms with E-state index in [1.54, 1.807) is 13.0 Å². The van der Waals surface area contributed by atoms with Gasteiger partial charge in [0, 0.05) is 5.56 Å². The highest BCUT2D eigenvalue weighted by Crippen LogP contribution is 2.29. The molecule has 136 valence electrons. The average molecular weight is 357 g/mol. The summed E-state index contributed by atoms with van der Waals surface area (Å²) in [4.78, 5) is 12.5. The minimum Gasteiger partial charge on any atom is -0.397 e. The lowest BCUT2D eigenvalue weighted by molar-refractivity contribution is 1.33.